The molecule has 1 heterocycles. The van der Waals surface area contributed by atoms with Crippen LogP contribution in [0.5, 0.6) is 0 Å². The quantitative estimate of drug-likeness (QED) is 0.529. The fraction of sp³-hybridized carbons (Fsp3) is 0.0588. The first-order valence-corrected chi connectivity index (χ1v) is 7.82. The number of benzene rings is 2. The van der Waals surface area contributed by atoms with E-state index in [4.69, 9.17) is 0 Å². The second kappa shape index (κ2) is 5.32. The van der Waals surface area contributed by atoms with Gasteiger partial charge in [0.15, 0.2) is 0 Å². The molecule has 94 valence electrons. The molecule has 0 atom stereocenters. The number of aryl methyl sites for hydroxylation is 1. The number of hydrogen-bond donors (Lipinski definition) is 0. The molecule has 0 aliphatic carbocycles. The number of rotatable bonds is 2. The van der Waals surface area contributed by atoms with Crippen LogP contribution in [0.15, 0.2) is 64.5 Å². The molecular formula is C17H13BrS. The highest BCUT2D eigenvalue weighted by atomic mass is 79.9. The van der Waals surface area contributed by atoms with E-state index in [1.54, 1.807) is 11.3 Å². The van der Waals surface area contributed by atoms with E-state index in [9.17, 15) is 0 Å². The van der Waals surface area contributed by atoms with Crippen LogP contribution in [-0.4, -0.2) is 0 Å². The van der Waals surface area contributed by atoms with Crippen molar-refractivity contribution in [3.63, 3.8) is 0 Å². The molecule has 0 bridgehead atoms. The first-order chi connectivity index (χ1) is 9.25. The molecule has 0 saturated heterocycles. The Hall–Kier alpha value is -1.38. The topological polar surface area (TPSA) is 0 Å². The molecule has 0 amide bonds. The van der Waals surface area contributed by atoms with Crippen LogP contribution in [0.2, 0.25) is 0 Å². The van der Waals surface area contributed by atoms with Crippen molar-refractivity contribution >= 4 is 27.3 Å². The lowest BCUT2D eigenvalue weighted by Crippen LogP contribution is -1.81. The molecule has 2 aromatic carbocycles. The highest BCUT2D eigenvalue weighted by Crippen LogP contribution is 2.39. The van der Waals surface area contributed by atoms with Crippen molar-refractivity contribution in [1.29, 1.82) is 0 Å². The maximum Gasteiger partial charge on any atom is 0.0432 e. The van der Waals surface area contributed by atoms with Gasteiger partial charge in [-0.05, 0) is 30.0 Å². The van der Waals surface area contributed by atoms with E-state index in [0.29, 0.717) is 0 Å². The van der Waals surface area contributed by atoms with Gasteiger partial charge in [-0.1, -0.05) is 64.0 Å². The summed E-state index contributed by atoms with van der Waals surface area (Å²) >= 11 is 5.43. The summed E-state index contributed by atoms with van der Waals surface area (Å²) in [6.45, 7) is 2.12. The molecule has 1 aromatic heterocycles. The summed E-state index contributed by atoms with van der Waals surface area (Å²) in [6, 6.07) is 19.3. The molecule has 0 nitrogen and oxygen atoms in total. The van der Waals surface area contributed by atoms with Crippen LogP contribution < -0.4 is 0 Å². The summed E-state index contributed by atoms with van der Waals surface area (Å²) in [5.74, 6) is 0. The lowest BCUT2D eigenvalue weighted by Gasteiger charge is -2.07. The monoisotopic (exact) mass is 328 g/mol. The number of hydrogen-bond acceptors (Lipinski definition) is 1. The van der Waals surface area contributed by atoms with Crippen LogP contribution in [0.1, 0.15) is 5.56 Å². The zero-order valence-corrected chi connectivity index (χ0v) is 13.0. The summed E-state index contributed by atoms with van der Waals surface area (Å²) in [7, 11) is 0. The third-order valence-electron chi connectivity index (χ3n) is 3.15. The van der Waals surface area contributed by atoms with Crippen molar-refractivity contribution in [1.82, 2.24) is 0 Å². The Morgan fingerprint density at radius 1 is 0.842 bits per heavy atom. The van der Waals surface area contributed by atoms with Gasteiger partial charge in [-0.15, -0.1) is 11.3 Å². The van der Waals surface area contributed by atoms with Gasteiger partial charge in [0.2, 0.25) is 0 Å². The minimum atomic E-state index is 1.14. The van der Waals surface area contributed by atoms with Gasteiger partial charge in [-0.3, -0.25) is 0 Å². The highest BCUT2D eigenvalue weighted by molar-refractivity contribution is 9.10. The molecular weight excluding hydrogens is 316 g/mol. The van der Waals surface area contributed by atoms with Crippen molar-refractivity contribution in [2.24, 2.45) is 0 Å². The van der Waals surface area contributed by atoms with Gasteiger partial charge in [0.1, 0.15) is 0 Å². The van der Waals surface area contributed by atoms with Gasteiger partial charge < -0.3 is 0 Å². The predicted octanol–water partition coefficient (Wildman–Crippen LogP) is 6.15. The van der Waals surface area contributed by atoms with Crippen LogP contribution in [0.4, 0.5) is 0 Å². The zero-order chi connectivity index (χ0) is 13.2. The highest BCUT2D eigenvalue weighted by Gasteiger charge is 2.11. The van der Waals surface area contributed by atoms with Crippen molar-refractivity contribution < 1.29 is 0 Å². The van der Waals surface area contributed by atoms with Gasteiger partial charge in [-0.2, -0.15) is 0 Å². The van der Waals surface area contributed by atoms with Gasteiger partial charge in [0.05, 0.1) is 0 Å². The molecule has 0 spiro atoms. The molecule has 0 aliphatic rings. The fourth-order valence-electron chi connectivity index (χ4n) is 2.12. The Morgan fingerprint density at radius 2 is 1.58 bits per heavy atom. The van der Waals surface area contributed by atoms with Crippen molar-refractivity contribution in [3.05, 3.63) is 70.0 Å². The van der Waals surface area contributed by atoms with E-state index >= 15 is 0 Å². The van der Waals surface area contributed by atoms with Crippen molar-refractivity contribution in [3.8, 4) is 21.6 Å². The molecule has 0 unspecified atom stereocenters. The van der Waals surface area contributed by atoms with Crippen LogP contribution in [0.3, 0.4) is 0 Å². The van der Waals surface area contributed by atoms with Gasteiger partial charge in [0, 0.05) is 20.5 Å². The van der Waals surface area contributed by atoms with E-state index in [1.807, 2.05) is 6.07 Å². The number of halogens is 1. The molecule has 0 saturated carbocycles. The Bertz CT molecular complexity index is 695. The Balaban J connectivity index is 2.13. The molecule has 0 fully saturated rings. The minimum absolute atomic E-state index is 1.14. The normalized spacial score (nSPS) is 10.6. The van der Waals surface area contributed by atoms with Crippen LogP contribution in [0, 0.1) is 6.92 Å². The third-order valence-corrected chi connectivity index (χ3v) is 4.79. The lowest BCUT2D eigenvalue weighted by molar-refractivity contribution is 1.47. The standard InChI is InChI=1S/C17H13BrS/c1-12-6-8-13(9-7-12)14-10-11-19-17(14)15-4-2-3-5-16(15)18/h2-11H,1H3. The predicted molar refractivity (Wildman–Crippen MR) is 87.6 cm³/mol. The first kappa shape index (κ1) is 12.6. The van der Waals surface area contributed by atoms with Crippen LogP contribution >= 0.6 is 27.3 Å². The zero-order valence-electron chi connectivity index (χ0n) is 10.6. The molecule has 2 heteroatoms. The van der Waals surface area contributed by atoms with Crippen molar-refractivity contribution in [2.45, 2.75) is 6.92 Å². The van der Waals surface area contributed by atoms with E-state index in [-0.39, 0.29) is 0 Å². The van der Waals surface area contributed by atoms with Gasteiger partial charge in [0.25, 0.3) is 0 Å². The fourth-order valence-corrected chi connectivity index (χ4v) is 3.70. The number of thiophene rings is 1. The Labute approximate surface area is 125 Å². The average molecular weight is 329 g/mol. The summed E-state index contributed by atoms with van der Waals surface area (Å²) in [6.07, 6.45) is 0. The van der Waals surface area contributed by atoms with Gasteiger partial charge >= 0.3 is 0 Å². The third kappa shape index (κ3) is 2.51. The largest absolute Gasteiger partial charge is 0.143 e. The summed E-state index contributed by atoms with van der Waals surface area (Å²) in [4.78, 5) is 1.32. The minimum Gasteiger partial charge on any atom is -0.143 e. The van der Waals surface area contributed by atoms with E-state index < -0.39 is 0 Å². The van der Waals surface area contributed by atoms with Gasteiger partial charge in [-0.25, -0.2) is 0 Å². The summed E-state index contributed by atoms with van der Waals surface area (Å²) < 4.78 is 1.14. The maximum atomic E-state index is 3.64. The molecule has 3 aromatic rings. The first-order valence-electron chi connectivity index (χ1n) is 6.15. The van der Waals surface area contributed by atoms with Crippen LogP contribution in [0.25, 0.3) is 21.6 Å². The molecule has 3 rings (SSSR count). The lowest BCUT2D eigenvalue weighted by atomic mass is 10.0. The Kier molecular flexibility index (Phi) is 3.54. The molecule has 0 radical (unpaired) electrons. The van der Waals surface area contributed by atoms with E-state index in [0.717, 1.165) is 4.47 Å². The molecule has 0 aliphatic heterocycles. The average Bonchev–Trinajstić information content (AvgIpc) is 2.89. The van der Waals surface area contributed by atoms with Crippen LogP contribution in [-0.2, 0) is 0 Å². The summed E-state index contributed by atoms with van der Waals surface area (Å²) in [5, 5.41) is 2.16. The van der Waals surface area contributed by atoms with Crippen molar-refractivity contribution in [2.75, 3.05) is 0 Å². The second-order valence-electron chi connectivity index (χ2n) is 4.51. The molecule has 0 N–H and O–H groups in total. The molecule has 19 heavy (non-hydrogen) atoms. The SMILES string of the molecule is Cc1ccc(-c2ccsc2-c2ccccc2Br)cc1. The Morgan fingerprint density at radius 3 is 2.32 bits per heavy atom. The summed E-state index contributed by atoms with van der Waals surface area (Å²) in [5.41, 5.74) is 5.13. The van der Waals surface area contributed by atoms with E-state index in [2.05, 4.69) is 76.8 Å². The maximum absolute atomic E-state index is 3.64. The van der Waals surface area contributed by atoms with E-state index in [1.165, 1.54) is 27.1 Å². The second-order valence-corrected chi connectivity index (χ2v) is 6.28. The smallest absolute Gasteiger partial charge is 0.0432 e.